The Morgan fingerprint density at radius 1 is 1.13 bits per heavy atom. The fourth-order valence-corrected chi connectivity index (χ4v) is 2.88. The van der Waals surface area contributed by atoms with Crippen molar-refractivity contribution in [2.45, 2.75) is 34.3 Å². The van der Waals surface area contributed by atoms with Crippen molar-refractivity contribution < 1.29 is 23.5 Å². The minimum absolute atomic E-state index is 0.119. The maximum atomic E-state index is 11.4. The largest absolute Gasteiger partial charge is 0.482 e. The molecule has 0 saturated heterocycles. The van der Waals surface area contributed by atoms with Gasteiger partial charge in [0, 0.05) is 5.56 Å². The Bertz CT molecular complexity index is 1060. The Morgan fingerprint density at radius 3 is 2.61 bits per heavy atom. The van der Waals surface area contributed by atoms with E-state index in [2.05, 4.69) is 10.1 Å². The minimum Gasteiger partial charge on any atom is -0.482 e. The second-order valence-electron chi connectivity index (χ2n) is 6.91. The zero-order valence-electron chi connectivity index (χ0n) is 18.2. The van der Waals surface area contributed by atoms with Gasteiger partial charge in [0.2, 0.25) is 5.89 Å². The van der Waals surface area contributed by atoms with Crippen LogP contribution in [0, 0.1) is 13.8 Å². The Labute approximate surface area is 181 Å². The van der Waals surface area contributed by atoms with E-state index in [-0.39, 0.29) is 13.2 Å². The van der Waals surface area contributed by atoms with Crippen molar-refractivity contribution in [1.29, 1.82) is 0 Å². The summed E-state index contributed by atoms with van der Waals surface area (Å²) < 4.78 is 16.1. The van der Waals surface area contributed by atoms with Crippen LogP contribution < -0.4 is 4.74 Å². The number of oxime groups is 1. The van der Waals surface area contributed by atoms with Gasteiger partial charge in [-0.15, -0.1) is 0 Å². The lowest BCUT2D eigenvalue weighted by Crippen LogP contribution is -2.15. The first-order chi connectivity index (χ1) is 15.0. The van der Waals surface area contributed by atoms with E-state index in [9.17, 15) is 4.79 Å². The van der Waals surface area contributed by atoms with Crippen LogP contribution in [0.25, 0.3) is 11.5 Å². The molecule has 3 aromatic rings. The average Bonchev–Trinajstić information content (AvgIpc) is 3.14. The van der Waals surface area contributed by atoms with Crippen molar-refractivity contribution in [3.8, 4) is 17.2 Å². The highest BCUT2D eigenvalue weighted by molar-refractivity contribution is 5.98. The number of carbonyl (C=O) groups excluding carboxylic acids is 1. The summed E-state index contributed by atoms with van der Waals surface area (Å²) in [5.74, 6) is 1.49. The first-order valence-electron chi connectivity index (χ1n) is 10.1. The van der Waals surface area contributed by atoms with E-state index in [4.69, 9.17) is 18.7 Å². The third-order valence-electron chi connectivity index (χ3n) is 4.56. The van der Waals surface area contributed by atoms with Gasteiger partial charge in [-0.05, 0) is 69.2 Å². The summed E-state index contributed by atoms with van der Waals surface area (Å²) in [6.07, 6.45) is 0. The Balaban J connectivity index is 1.60. The predicted octanol–water partition coefficient (Wildman–Crippen LogP) is 4.84. The Hall–Kier alpha value is -3.61. The highest BCUT2D eigenvalue weighted by atomic mass is 16.6. The normalized spacial score (nSPS) is 11.3. The molecule has 1 aromatic heterocycles. The van der Waals surface area contributed by atoms with Crippen molar-refractivity contribution >= 4 is 11.7 Å². The lowest BCUT2D eigenvalue weighted by Gasteiger charge is -2.10. The molecular formula is C24H26N2O5. The maximum Gasteiger partial charge on any atom is 0.344 e. The molecule has 0 aliphatic carbocycles. The number of nitrogens with zero attached hydrogens (tertiary/aromatic N) is 2. The lowest BCUT2D eigenvalue weighted by atomic mass is 10.1. The summed E-state index contributed by atoms with van der Waals surface area (Å²) in [6, 6.07) is 15.3. The predicted molar refractivity (Wildman–Crippen MR) is 117 cm³/mol. The fourth-order valence-electron chi connectivity index (χ4n) is 2.88. The molecule has 7 heteroatoms. The number of aromatic nitrogens is 1. The van der Waals surface area contributed by atoms with Crippen molar-refractivity contribution in [2.75, 3.05) is 13.2 Å². The van der Waals surface area contributed by atoms with Crippen molar-refractivity contribution in [3.05, 3.63) is 71.1 Å². The van der Waals surface area contributed by atoms with E-state index in [1.54, 1.807) is 13.0 Å². The molecule has 0 atom stereocenters. The van der Waals surface area contributed by atoms with Crippen molar-refractivity contribution in [1.82, 2.24) is 4.98 Å². The summed E-state index contributed by atoms with van der Waals surface area (Å²) in [6.45, 7) is 7.80. The van der Waals surface area contributed by atoms with Crippen LogP contribution in [0.5, 0.6) is 5.75 Å². The standard InChI is InChI=1S/C24H26N2O5/c1-5-28-23(27)15-29-22-12-11-20(13-16(22)2)17(3)26-30-14-21-18(4)31-24(25-21)19-9-7-6-8-10-19/h6-13H,5,14-15H2,1-4H3/b26-17+. The molecule has 0 bridgehead atoms. The van der Waals surface area contributed by atoms with Crippen LogP contribution in [0.2, 0.25) is 0 Å². The van der Waals surface area contributed by atoms with Crippen molar-refractivity contribution in [2.24, 2.45) is 5.16 Å². The van der Waals surface area contributed by atoms with Crippen LogP contribution in [0.15, 0.2) is 58.1 Å². The van der Waals surface area contributed by atoms with E-state index in [1.165, 1.54) is 0 Å². The zero-order chi connectivity index (χ0) is 22.2. The summed E-state index contributed by atoms with van der Waals surface area (Å²) in [5.41, 5.74) is 4.11. The van der Waals surface area contributed by atoms with Gasteiger partial charge >= 0.3 is 5.97 Å². The molecule has 31 heavy (non-hydrogen) atoms. The summed E-state index contributed by atoms with van der Waals surface area (Å²) in [5, 5.41) is 4.20. The molecule has 0 unspecified atom stereocenters. The molecule has 0 N–H and O–H groups in total. The average molecular weight is 422 g/mol. The summed E-state index contributed by atoms with van der Waals surface area (Å²) in [7, 11) is 0. The van der Waals surface area contributed by atoms with Crippen LogP contribution >= 0.6 is 0 Å². The summed E-state index contributed by atoms with van der Waals surface area (Å²) >= 11 is 0. The number of hydrogen-bond acceptors (Lipinski definition) is 7. The molecule has 0 spiro atoms. The van der Waals surface area contributed by atoms with Gasteiger partial charge in [0.25, 0.3) is 0 Å². The molecule has 0 amide bonds. The first-order valence-corrected chi connectivity index (χ1v) is 10.1. The second-order valence-corrected chi connectivity index (χ2v) is 6.91. The van der Waals surface area contributed by atoms with Gasteiger partial charge in [-0.2, -0.15) is 0 Å². The number of esters is 1. The van der Waals surface area contributed by atoms with Gasteiger partial charge in [0.05, 0.1) is 12.3 Å². The number of benzene rings is 2. The SMILES string of the molecule is CCOC(=O)COc1ccc(/C(C)=N/OCc2nc(-c3ccccc3)oc2C)cc1C. The highest BCUT2D eigenvalue weighted by Crippen LogP contribution is 2.22. The van der Waals surface area contributed by atoms with E-state index in [0.717, 1.165) is 16.7 Å². The molecule has 0 radical (unpaired) electrons. The third kappa shape index (κ3) is 5.94. The molecule has 3 rings (SSSR count). The number of aryl methyl sites for hydroxylation is 2. The van der Waals surface area contributed by atoms with E-state index >= 15 is 0 Å². The van der Waals surface area contributed by atoms with Gasteiger partial charge in [-0.3, -0.25) is 0 Å². The van der Waals surface area contributed by atoms with Crippen LogP contribution in [-0.4, -0.2) is 29.9 Å². The fraction of sp³-hybridized carbons (Fsp3) is 0.292. The van der Waals surface area contributed by atoms with E-state index < -0.39 is 5.97 Å². The third-order valence-corrected chi connectivity index (χ3v) is 4.56. The summed E-state index contributed by atoms with van der Waals surface area (Å²) in [4.78, 5) is 21.5. The first kappa shape index (κ1) is 22.1. The number of ether oxygens (including phenoxy) is 2. The maximum absolute atomic E-state index is 11.4. The highest BCUT2D eigenvalue weighted by Gasteiger charge is 2.12. The van der Waals surface area contributed by atoms with Crippen LogP contribution in [0.3, 0.4) is 0 Å². The zero-order valence-corrected chi connectivity index (χ0v) is 18.2. The van der Waals surface area contributed by atoms with Gasteiger partial charge in [0.1, 0.15) is 17.2 Å². The van der Waals surface area contributed by atoms with E-state index in [1.807, 2.05) is 63.2 Å². The second kappa shape index (κ2) is 10.4. The van der Waals surface area contributed by atoms with Gasteiger partial charge < -0.3 is 18.7 Å². The molecule has 0 aliphatic heterocycles. The van der Waals surface area contributed by atoms with Gasteiger partial charge in [-0.25, -0.2) is 9.78 Å². The number of oxazole rings is 1. The Morgan fingerprint density at radius 2 is 1.90 bits per heavy atom. The Kier molecular flexibility index (Phi) is 7.43. The molecule has 0 aliphatic rings. The molecule has 2 aromatic carbocycles. The van der Waals surface area contributed by atoms with Crippen LogP contribution in [0.1, 0.15) is 36.4 Å². The lowest BCUT2D eigenvalue weighted by molar-refractivity contribution is -0.145. The monoisotopic (exact) mass is 422 g/mol. The molecule has 1 heterocycles. The van der Waals surface area contributed by atoms with Crippen molar-refractivity contribution in [3.63, 3.8) is 0 Å². The van der Waals surface area contributed by atoms with Crippen LogP contribution in [-0.2, 0) is 21.0 Å². The molecule has 0 fully saturated rings. The number of carbonyl (C=O) groups is 1. The smallest absolute Gasteiger partial charge is 0.344 e. The van der Waals surface area contributed by atoms with Gasteiger partial charge in [0.15, 0.2) is 13.2 Å². The van der Waals surface area contributed by atoms with Crippen LogP contribution in [0.4, 0.5) is 0 Å². The molecule has 0 saturated carbocycles. The topological polar surface area (TPSA) is 83.2 Å². The minimum atomic E-state index is -0.393. The van der Waals surface area contributed by atoms with E-state index in [0.29, 0.717) is 35.4 Å². The van der Waals surface area contributed by atoms with Gasteiger partial charge in [-0.1, -0.05) is 23.4 Å². The number of rotatable bonds is 9. The number of hydrogen-bond donors (Lipinski definition) is 0. The molecule has 162 valence electrons. The molecular weight excluding hydrogens is 396 g/mol. The quantitative estimate of drug-likeness (QED) is 0.279. The molecule has 7 nitrogen and oxygen atoms in total.